The number of thioether (sulfide) groups is 1. The van der Waals surface area contributed by atoms with Crippen molar-refractivity contribution in [3.05, 3.63) is 0 Å². The average Bonchev–Trinajstić information content (AvgIpc) is 2.78. The minimum atomic E-state index is -3.14. The summed E-state index contributed by atoms with van der Waals surface area (Å²) in [5.74, 6) is 1.06. The quantitative estimate of drug-likeness (QED) is 0.803. The standard InChI is InChI=1S/C12H24N2O2S2/c1-2-17-12-7-3-6-11(12)14-18(15,16)10-5-4-8-13-9-10/h10-14H,2-9H2,1H3. The van der Waals surface area contributed by atoms with Crippen molar-refractivity contribution in [2.75, 3.05) is 18.8 Å². The number of nitrogens with one attached hydrogen (secondary N) is 2. The summed E-state index contributed by atoms with van der Waals surface area (Å²) in [4.78, 5) is 0. The smallest absolute Gasteiger partial charge is 0.216 e. The summed E-state index contributed by atoms with van der Waals surface area (Å²) >= 11 is 1.89. The van der Waals surface area contributed by atoms with Crippen molar-refractivity contribution in [3.8, 4) is 0 Å². The third-order valence-corrected chi connectivity index (χ3v) is 7.08. The largest absolute Gasteiger partial charge is 0.315 e. The Balaban J connectivity index is 1.94. The van der Waals surface area contributed by atoms with Crippen LogP contribution in [0.1, 0.15) is 39.0 Å². The molecule has 0 aromatic rings. The summed E-state index contributed by atoms with van der Waals surface area (Å²) in [6.45, 7) is 3.69. The zero-order valence-corrected chi connectivity index (χ0v) is 12.7. The maximum absolute atomic E-state index is 12.3. The maximum Gasteiger partial charge on any atom is 0.216 e. The normalized spacial score (nSPS) is 33.7. The van der Waals surface area contributed by atoms with Gasteiger partial charge in [-0.1, -0.05) is 13.3 Å². The average molecular weight is 292 g/mol. The SMILES string of the molecule is CCSC1CCCC1NS(=O)(=O)C1CCCNC1. The Morgan fingerprint density at radius 3 is 2.78 bits per heavy atom. The molecule has 3 unspecified atom stereocenters. The van der Waals surface area contributed by atoms with Crippen LogP contribution in [0, 0.1) is 0 Å². The summed E-state index contributed by atoms with van der Waals surface area (Å²) in [5, 5.41) is 3.41. The molecule has 3 atom stereocenters. The highest BCUT2D eigenvalue weighted by Crippen LogP contribution is 2.30. The van der Waals surface area contributed by atoms with Crippen molar-refractivity contribution in [1.29, 1.82) is 0 Å². The molecule has 0 aromatic carbocycles. The molecule has 0 amide bonds. The molecule has 1 aliphatic carbocycles. The van der Waals surface area contributed by atoms with Gasteiger partial charge < -0.3 is 5.32 Å². The van der Waals surface area contributed by atoms with E-state index in [9.17, 15) is 8.42 Å². The topological polar surface area (TPSA) is 58.2 Å². The third-order valence-electron chi connectivity index (χ3n) is 3.84. The highest BCUT2D eigenvalue weighted by atomic mass is 32.2. The Bertz CT molecular complexity index is 353. The zero-order chi connectivity index (χ0) is 13.0. The molecule has 2 fully saturated rings. The molecule has 0 aromatic heterocycles. The van der Waals surface area contributed by atoms with Crippen LogP contribution < -0.4 is 10.0 Å². The Kier molecular flexibility index (Phi) is 5.35. The summed E-state index contributed by atoms with van der Waals surface area (Å²) in [7, 11) is -3.14. The van der Waals surface area contributed by atoms with E-state index in [1.54, 1.807) is 0 Å². The van der Waals surface area contributed by atoms with Crippen LogP contribution in [0.2, 0.25) is 0 Å². The molecule has 0 spiro atoms. The van der Waals surface area contributed by atoms with Gasteiger partial charge in [0.15, 0.2) is 0 Å². The number of hydrogen-bond donors (Lipinski definition) is 2. The lowest BCUT2D eigenvalue weighted by Crippen LogP contribution is -2.48. The molecule has 2 N–H and O–H groups in total. The van der Waals surface area contributed by atoms with Gasteiger partial charge in [-0.2, -0.15) is 11.8 Å². The second-order valence-corrected chi connectivity index (χ2v) is 8.67. The van der Waals surface area contributed by atoms with Gasteiger partial charge in [0, 0.05) is 17.8 Å². The van der Waals surface area contributed by atoms with E-state index < -0.39 is 10.0 Å². The van der Waals surface area contributed by atoms with E-state index in [-0.39, 0.29) is 11.3 Å². The Morgan fingerprint density at radius 2 is 2.11 bits per heavy atom. The van der Waals surface area contributed by atoms with Gasteiger partial charge in [0.25, 0.3) is 0 Å². The van der Waals surface area contributed by atoms with Crippen LogP contribution in [0.4, 0.5) is 0 Å². The van der Waals surface area contributed by atoms with E-state index in [1.165, 1.54) is 0 Å². The molecule has 1 saturated heterocycles. The summed E-state index contributed by atoms with van der Waals surface area (Å²) in [6.07, 6.45) is 5.05. The first-order valence-electron chi connectivity index (χ1n) is 6.97. The van der Waals surface area contributed by atoms with Crippen molar-refractivity contribution < 1.29 is 8.42 Å². The van der Waals surface area contributed by atoms with Crippen LogP contribution in [0.25, 0.3) is 0 Å². The van der Waals surface area contributed by atoms with Crippen molar-refractivity contribution in [2.24, 2.45) is 0 Å². The predicted octanol–water partition coefficient (Wildman–Crippen LogP) is 1.33. The Labute approximate surface area is 115 Å². The highest BCUT2D eigenvalue weighted by Gasteiger charge is 2.34. The molecule has 2 aliphatic rings. The number of piperidine rings is 1. The van der Waals surface area contributed by atoms with E-state index in [1.807, 2.05) is 11.8 Å². The summed E-state index contributed by atoms with van der Waals surface area (Å²) < 4.78 is 27.6. The first-order chi connectivity index (χ1) is 8.63. The van der Waals surface area contributed by atoms with Crippen LogP contribution in [-0.2, 0) is 10.0 Å². The molecular formula is C12H24N2O2S2. The van der Waals surface area contributed by atoms with Gasteiger partial charge in [-0.05, 0) is 38.0 Å². The van der Waals surface area contributed by atoms with Gasteiger partial charge >= 0.3 is 0 Å². The van der Waals surface area contributed by atoms with Crippen LogP contribution in [0.3, 0.4) is 0 Å². The lowest BCUT2D eigenvalue weighted by atomic mass is 10.2. The van der Waals surface area contributed by atoms with Crippen LogP contribution >= 0.6 is 11.8 Å². The minimum absolute atomic E-state index is 0.155. The van der Waals surface area contributed by atoms with Crippen molar-refractivity contribution in [1.82, 2.24) is 10.0 Å². The number of rotatable bonds is 5. The van der Waals surface area contributed by atoms with Gasteiger partial charge in [-0.15, -0.1) is 0 Å². The number of sulfonamides is 1. The molecule has 4 nitrogen and oxygen atoms in total. The molecular weight excluding hydrogens is 268 g/mol. The first-order valence-corrected chi connectivity index (χ1v) is 9.56. The highest BCUT2D eigenvalue weighted by molar-refractivity contribution is 8.00. The van der Waals surface area contributed by atoms with Gasteiger partial charge in [-0.3, -0.25) is 0 Å². The lowest BCUT2D eigenvalue weighted by Gasteiger charge is -2.27. The van der Waals surface area contributed by atoms with Crippen molar-refractivity contribution >= 4 is 21.8 Å². The second kappa shape index (κ2) is 6.59. The Morgan fingerprint density at radius 1 is 1.28 bits per heavy atom. The van der Waals surface area contributed by atoms with Crippen molar-refractivity contribution in [2.45, 2.75) is 55.6 Å². The monoisotopic (exact) mass is 292 g/mol. The minimum Gasteiger partial charge on any atom is -0.315 e. The summed E-state index contributed by atoms with van der Waals surface area (Å²) in [6, 6.07) is 0.155. The molecule has 18 heavy (non-hydrogen) atoms. The zero-order valence-electron chi connectivity index (χ0n) is 11.0. The molecule has 1 aliphatic heterocycles. The molecule has 0 radical (unpaired) electrons. The molecule has 106 valence electrons. The second-order valence-electron chi connectivity index (χ2n) is 5.16. The van der Waals surface area contributed by atoms with Crippen molar-refractivity contribution in [3.63, 3.8) is 0 Å². The van der Waals surface area contributed by atoms with Crippen LogP contribution in [-0.4, -0.2) is 43.8 Å². The fourth-order valence-corrected chi connectivity index (χ4v) is 5.86. The lowest BCUT2D eigenvalue weighted by molar-refractivity contribution is 0.482. The predicted molar refractivity (Wildman–Crippen MR) is 77.5 cm³/mol. The molecule has 1 heterocycles. The van der Waals surface area contributed by atoms with E-state index in [2.05, 4.69) is 17.0 Å². The van der Waals surface area contributed by atoms with Gasteiger partial charge in [0.2, 0.25) is 10.0 Å². The Hall–Kier alpha value is 0.220. The van der Waals surface area contributed by atoms with E-state index in [4.69, 9.17) is 0 Å². The van der Waals surface area contributed by atoms with E-state index in [0.717, 1.165) is 44.4 Å². The van der Waals surface area contributed by atoms with Gasteiger partial charge in [-0.25, -0.2) is 13.1 Å². The molecule has 1 saturated carbocycles. The molecule has 6 heteroatoms. The number of hydrogen-bond acceptors (Lipinski definition) is 4. The van der Waals surface area contributed by atoms with Crippen LogP contribution in [0.5, 0.6) is 0 Å². The van der Waals surface area contributed by atoms with Crippen LogP contribution in [0.15, 0.2) is 0 Å². The van der Waals surface area contributed by atoms with E-state index >= 15 is 0 Å². The fraction of sp³-hybridized carbons (Fsp3) is 1.00. The third kappa shape index (κ3) is 3.62. The summed E-state index contributed by atoms with van der Waals surface area (Å²) in [5.41, 5.74) is 0. The van der Waals surface area contributed by atoms with E-state index in [0.29, 0.717) is 11.8 Å². The molecule has 2 rings (SSSR count). The fourth-order valence-electron chi connectivity index (χ4n) is 2.87. The van der Waals surface area contributed by atoms with Gasteiger partial charge in [0.1, 0.15) is 0 Å². The first kappa shape index (κ1) is 14.6. The molecule has 0 bridgehead atoms. The maximum atomic E-state index is 12.3. The van der Waals surface area contributed by atoms with Gasteiger partial charge in [0.05, 0.1) is 5.25 Å².